The van der Waals surface area contributed by atoms with Crippen LogP contribution in [0, 0.1) is 17.5 Å². The molecular weight excluding hydrogens is 387 g/mol. The number of hydrogen-bond donors (Lipinski definition) is 3. The Morgan fingerprint density at radius 1 is 0.966 bits per heavy atom. The highest BCUT2D eigenvalue weighted by atomic mass is 19.2. The molecule has 2 aromatic rings. The number of likely N-dealkylation sites (N-methyl/N-ethyl adjacent to an activating group) is 1. The zero-order valence-electron chi connectivity index (χ0n) is 15.6. The minimum absolute atomic E-state index is 0.0130. The van der Waals surface area contributed by atoms with E-state index < -0.39 is 41.2 Å². The molecule has 3 N–H and O–H groups in total. The predicted molar refractivity (Wildman–Crippen MR) is 99.3 cm³/mol. The molecule has 0 saturated carbocycles. The number of halogens is 3. The van der Waals surface area contributed by atoms with Gasteiger partial charge in [0.05, 0.1) is 0 Å². The van der Waals surface area contributed by atoms with Crippen molar-refractivity contribution in [1.29, 1.82) is 0 Å². The fourth-order valence-electron chi connectivity index (χ4n) is 2.52. The average Bonchev–Trinajstić information content (AvgIpc) is 2.71. The lowest BCUT2D eigenvalue weighted by atomic mass is 10.1. The molecule has 0 aliphatic rings. The van der Waals surface area contributed by atoms with Crippen molar-refractivity contribution >= 4 is 17.7 Å². The number of nitrogens with one attached hydrogen (secondary N) is 3. The van der Waals surface area contributed by atoms with Gasteiger partial charge in [-0.3, -0.25) is 14.4 Å². The van der Waals surface area contributed by atoms with Gasteiger partial charge in [-0.1, -0.05) is 6.07 Å². The summed E-state index contributed by atoms with van der Waals surface area (Å²) in [6.45, 7) is 0.180. The number of benzene rings is 2. The van der Waals surface area contributed by atoms with Crippen LogP contribution in [0.5, 0.6) is 0 Å². The molecule has 0 spiro atoms. The molecule has 2 aromatic carbocycles. The smallest absolute Gasteiger partial charge is 0.251 e. The summed E-state index contributed by atoms with van der Waals surface area (Å²) < 4.78 is 39.4. The predicted octanol–water partition coefficient (Wildman–Crippen LogP) is 2.22. The van der Waals surface area contributed by atoms with Crippen molar-refractivity contribution in [3.8, 4) is 0 Å². The van der Waals surface area contributed by atoms with Gasteiger partial charge in [0.2, 0.25) is 11.8 Å². The van der Waals surface area contributed by atoms with E-state index >= 15 is 0 Å². The van der Waals surface area contributed by atoms with Crippen LogP contribution in [0.1, 0.15) is 34.8 Å². The van der Waals surface area contributed by atoms with E-state index in [-0.39, 0.29) is 30.5 Å². The summed E-state index contributed by atoms with van der Waals surface area (Å²) in [7, 11) is 1.35. The Hall–Kier alpha value is -3.36. The maximum atomic E-state index is 13.5. The Bertz CT molecular complexity index is 888. The number of hydrogen-bond acceptors (Lipinski definition) is 3. The zero-order chi connectivity index (χ0) is 21.4. The van der Waals surface area contributed by atoms with Gasteiger partial charge in [-0.25, -0.2) is 13.2 Å². The Morgan fingerprint density at radius 3 is 2.28 bits per heavy atom. The first-order valence-electron chi connectivity index (χ1n) is 8.81. The third-order valence-corrected chi connectivity index (χ3v) is 4.06. The number of amides is 3. The summed E-state index contributed by atoms with van der Waals surface area (Å²) >= 11 is 0. The average molecular weight is 407 g/mol. The second-order valence-electron chi connectivity index (χ2n) is 6.15. The maximum absolute atomic E-state index is 13.5. The molecule has 0 saturated heterocycles. The molecule has 0 heterocycles. The highest BCUT2D eigenvalue weighted by Gasteiger charge is 2.22. The van der Waals surface area contributed by atoms with Crippen molar-refractivity contribution in [3.05, 3.63) is 71.0 Å². The Morgan fingerprint density at radius 2 is 1.66 bits per heavy atom. The minimum atomic E-state index is -1.18. The van der Waals surface area contributed by atoms with E-state index in [2.05, 4.69) is 16.0 Å². The van der Waals surface area contributed by atoms with Crippen LogP contribution in [0.25, 0.3) is 0 Å². The lowest BCUT2D eigenvalue weighted by Gasteiger charge is -2.18. The fourth-order valence-corrected chi connectivity index (χ4v) is 2.52. The van der Waals surface area contributed by atoms with Crippen molar-refractivity contribution in [3.63, 3.8) is 0 Å². The Balaban J connectivity index is 1.86. The van der Waals surface area contributed by atoms with Crippen LogP contribution >= 0.6 is 0 Å². The summed E-state index contributed by atoms with van der Waals surface area (Å²) in [5, 5.41) is 7.41. The van der Waals surface area contributed by atoms with Crippen molar-refractivity contribution < 1.29 is 27.6 Å². The van der Waals surface area contributed by atoms with Crippen LogP contribution in [0.3, 0.4) is 0 Å². The second kappa shape index (κ2) is 10.3. The molecule has 6 nitrogen and oxygen atoms in total. The van der Waals surface area contributed by atoms with Gasteiger partial charge in [-0.15, -0.1) is 0 Å². The molecule has 0 fully saturated rings. The molecule has 3 amide bonds. The SMILES string of the molecule is CNC(=O)C(NC(=O)CCCNC(=O)c1ccc(F)cc1)c1ccc(F)c(F)c1. The van der Waals surface area contributed by atoms with E-state index in [0.29, 0.717) is 0 Å². The lowest BCUT2D eigenvalue weighted by Crippen LogP contribution is -2.39. The van der Waals surface area contributed by atoms with Gasteiger partial charge in [-0.2, -0.15) is 0 Å². The third-order valence-electron chi connectivity index (χ3n) is 4.06. The van der Waals surface area contributed by atoms with Crippen molar-refractivity contribution in [2.24, 2.45) is 0 Å². The first-order valence-corrected chi connectivity index (χ1v) is 8.81. The fraction of sp³-hybridized carbons (Fsp3) is 0.250. The minimum Gasteiger partial charge on any atom is -0.357 e. The highest BCUT2D eigenvalue weighted by Crippen LogP contribution is 2.17. The van der Waals surface area contributed by atoms with Gasteiger partial charge in [0.25, 0.3) is 5.91 Å². The normalized spacial score (nSPS) is 11.4. The van der Waals surface area contributed by atoms with Crippen LogP contribution in [-0.4, -0.2) is 31.3 Å². The van der Waals surface area contributed by atoms with E-state index in [1.54, 1.807) is 0 Å². The molecule has 0 aromatic heterocycles. The quantitative estimate of drug-likeness (QED) is 0.587. The second-order valence-corrected chi connectivity index (χ2v) is 6.15. The van der Waals surface area contributed by atoms with Crippen LogP contribution in [0.2, 0.25) is 0 Å². The molecule has 9 heteroatoms. The van der Waals surface area contributed by atoms with Crippen molar-refractivity contribution in [2.75, 3.05) is 13.6 Å². The summed E-state index contributed by atoms with van der Waals surface area (Å²) in [6.07, 6.45) is 0.262. The van der Waals surface area contributed by atoms with Crippen LogP contribution < -0.4 is 16.0 Å². The molecule has 0 aliphatic heterocycles. The largest absolute Gasteiger partial charge is 0.357 e. The number of carbonyl (C=O) groups is 3. The van der Waals surface area contributed by atoms with Crippen LogP contribution in [0.15, 0.2) is 42.5 Å². The highest BCUT2D eigenvalue weighted by molar-refractivity contribution is 5.94. The van der Waals surface area contributed by atoms with Gasteiger partial charge in [-0.05, 0) is 48.4 Å². The number of rotatable bonds is 8. The molecular formula is C20H20F3N3O3. The molecule has 1 atom stereocenters. The lowest BCUT2D eigenvalue weighted by molar-refractivity contribution is -0.128. The Kier molecular flexibility index (Phi) is 7.76. The van der Waals surface area contributed by atoms with Crippen LogP contribution in [0.4, 0.5) is 13.2 Å². The van der Waals surface area contributed by atoms with E-state index in [4.69, 9.17) is 0 Å². The van der Waals surface area contributed by atoms with Crippen molar-refractivity contribution in [1.82, 2.24) is 16.0 Å². The molecule has 1 unspecified atom stereocenters. The standard InChI is InChI=1S/C20H20F3N3O3/c1-24-20(29)18(13-6-9-15(22)16(23)11-13)26-17(27)3-2-10-25-19(28)12-4-7-14(21)8-5-12/h4-9,11,18H,2-3,10H2,1H3,(H,24,29)(H,25,28)(H,26,27). The van der Waals surface area contributed by atoms with E-state index in [0.717, 1.165) is 12.1 Å². The first-order chi connectivity index (χ1) is 13.8. The summed E-state index contributed by atoms with van der Waals surface area (Å²) in [5.41, 5.74) is 0.384. The molecule has 0 radical (unpaired) electrons. The van der Waals surface area contributed by atoms with Gasteiger partial charge in [0, 0.05) is 25.6 Å². The van der Waals surface area contributed by atoms with Gasteiger partial charge in [0.1, 0.15) is 11.9 Å². The summed E-state index contributed by atoms with van der Waals surface area (Å²) in [5.74, 6) is -4.14. The first kappa shape index (κ1) is 21.9. The molecule has 0 bridgehead atoms. The summed E-state index contributed by atoms with van der Waals surface area (Å²) in [6, 6.07) is 6.76. The molecule has 154 valence electrons. The van der Waals surface area contributed by atoms with Crippen molar-refractivity contribution in [2.45, 2.75) is 18.9 Å². The Labute approximate surface area is 165 Å². The van der Waals surface area contributed by atoms with E-state index in [1.165, 1.54) is 37.4 Å². The zero-order valence-corrected chi connectivity index (χ0v) is 15.6. The monoisotopic (exact) mass is 407 g/mol. The van der Waals surface area contributed by atoms with Crippen LogP contribution in [-0.2, 0) is 9.59 Å². The van der Waals surface area contributed by atoms with E-state index in [9.17, 15) is 27.6 Å². The van der Waals surface area contributed by atoms with Gasteiger partial charge >= 0.3 is 0 Å². The van der Waals surface area contributed by atoms with Gasteiger partial charge < -0.3 is 16.0 Å². The number of carbonyl (C=O) groups excluding carboxylic acids is 3. The molecule has 2 rings (SSSR count). The van der Waals surface area contributed by atoms with E-state index in [1.807, 2.05) is 0 Å². The molecule has 29 heavy (non-hydrogen) atoms. The summed E-state index contributed by atoms with van der Waals surface area (Å²) in [4.78, 5) is 36.1. The topological polar surface area (TPSA) is 87.3 Å². The van der Waals surface area contributed by atoms with Gasteiger partial charge in [0.15, 0.2) is 11.6 Å². The third kappa shape index (κ3) is 6.34. The maximum Gasteiger partial charge on any atom is 0.251 e. The molecule has 0 aliphatic carbocycles.